The number of nitrogens with one attached hydrogen (secondary N) is 2. The summed E-state index contributed by atoms with van der Waals surface area (Å²) in [6.45, 7) is 5.03. The molecule has 9 nitrogen and oxygen atoms in total. The number of methoxy groups -OCH3 is 1. The molecule has 0 fully saturated rings. The van der Waals surface area contributed by atoms with Crippen LogP contribution in [0.15, 0.2) is 39.3 Å². The molecule has 29 heavy (non-hydrogen) atoms. The van der Waals surface area contributed by atoms with E-state index in [-0.39, 0.29) is 12.3 Å². The first-order valence-electron chi connectivity index (χ1n) is 9.00. The molecule has 2 aromatic heterocycles. The summed E-state index contributed by atoms with van der Waals surface area (Å²) in [7, 11) is 1.57. The van der Waals surface area contributed by atoms with Crippen LogP contribution in [0.3, 0.4) is 0 Å². The van der Waals surface area contributed by atoms with E-state index in [1.54, 1.807) is 40.0 Å². The van der Waals surface area contributed by atoms with E-state index in [2.05, 4.69) is 20.8 Å². The molecule has 0 aliphatic rings. The highest BCUT2D eigenvalue weighted by Gasteiger charge is 2.20. The van der Waals surface area contributed by atoms with Gasteiger partial charge in [0.2, 0.25) is 17.7 Å². The number of ether oxygens (including phenoxy) is 1. The normalized spacial score (nSPS) is 11.7. The standard InChI is InChI=1S/C20H22N4O5/c1-11-9-17(24-29-11)23-19(26)12(2)21-18(25)10-15-13(3)28-20(22-15)14-7-5-6-8-16(14)27-4/h5-9,12H,10H2,1-4H3,(H,21,25)(H,23,24,26). The number of amides is 2. The van der Waals surface area contributed by atoms with E-state index in [9.17, 15) is 9.59 Å². The summed E-state index contributed by atoms with van der Waals surface area (Å²) in [6.07, 6.45) is -0.0226. The van der Waals surface area contributed by atoms with Crippen molar-refractivity contribution >= 4 is 17.6 Å². The number of anilines is 1. The molecule has 0 saturated carbocycles. The first-order valence-corrected chi connectivity index (χ1v) is 9.00. The van der Waals surface area contributed by atoms with E-state index in [1.165, 1.54) is 0 Å². The topological polar surface area (TPSA) is 119 Å². The third-order valence-corrected chi connectivity index (χ3v) is 4.21. The minimum absolute atomic E-state index is 0.0226. The molecule has 0 bridgehead atoms. The summed E-state index contributed by atoms with van der Waals surface area (Å²) < 4.78 is 15.9. The molecule has 1 aromatic carbocycles. The molecule has 9 heteroatoms. The molecular formula is C20H22N4O5. The van der Waals surface area contributed by atoms with E-state index in [4.69, 9.17) is 13.7 Å². The summed E-state index contributed by atoms with van der Waals surface area (Å²) in [5.41, 5.74) is 1.18. The Morgan fingerprint density at radius 2 is 2.00 bits per heavy atom. The Morgan fingerprint density at radius 3 is 2.69 bits per heavy atom. The van der Waals surface area contributed by atoms with Crippen molar-refractivity contribution in [2.45, 2.75) is 33.2 Å². The van der Waals surface area contributed by atoms with Gasteiger partial charge in [-0.05, 0) is 32.9 Å². The van der Waals surface area contributed by atoms with Crippen LogP contribution in [0.5, 0.6) is 5.75 Å². The zero-order chi connectivity index (χ0) is 21.0. The summed E-state index contributed by atoms with van der Waals surface area (Å²) in [5, 5.41) is 8.90. The molecule has 1 unspecified atom stereocenters. The molecule has 3 rings (SSSR count). The predicted octanol–water partition coefficient (Wildman–Crippen LogP) is 2.64. The van der Waals surface area contributed by atoms with Crippen LogP contribution in [0.1, 0.15) is 24.1 Å². The number of oxazole rings is 1. The largest absolute Gasteiger partial charge is 0.496 e. The van der Waals surface area contributed by atoms with E-state index in [0.717, 1.165) is 0 Å². The number of carbonyl (C=O) groups excluding carboxylic acids is 2. The third-order valence-electron chi connectivity index (χ3n) is 4.21. The number of aromatic nitrogens is 2. The van der Waals surface area contributed by atoms with Gasteiger partial charge in [0.25, 0.3) is 0 Å². The van der Waals surface area contributed by atoms with Crippen molar-refractivity contribution in [2.75, 3.05) is 12.4 Å². The van der Waals surface area contributed by atoms with Crippen LogP contribution in [0.25, 0.3) is 11.5 Å². The van der Waals surface area contributed by atoms with Crippen LogP contribution >= 0.6 is 0 Å². The second-order valence-electron chi connectivity index (χ2n) is 6.50. The van der Waals surface area contributed by atoms with Gasteiger partial charge in [0.05, 0.1) is 24.8 Å². The number of benzene rings is 1. The van der Waals surface area contributed by atoms with Crippen LogP contribution in [-0.2, 0) is 16.0 Å². The van der Waals surface area contributed by atoms with Gasteiger partial charge in [0.15, 0.2) is 5.82 Å². The molecule has 2 amide bonds. The van der Waals surface area contributed by atoms with Gasteiger partial charge in [0, 0.05) is 6.07 Å². The third kappa shape index (κ3) is 4.81. The molecule has 0 radical (unpaired) electrons. The lowest BCUT2D eigenvalue weighted by Crippen LogP contribution is -2.42. The summed E-state index contributed by atoms with van der Waals surface area (Å²) >= 11 is 0. The second-order valence-corrected chi connectivity index (χ2v) is 6.50. The monoisotopic (exact) mass is 398 g/mol. The van der Waals surface area contributed by atoms with Crippen molar-refractivity contribution in [2.24, 2.45) is 0 Å². The molecule has 0 saturated heterocycles. The van der Waals surface area contributed by atoms with Crippen molar-refractivity contribution in [3.63, 3.8) is 0 Å². The number of hydrogen-bond donors (Lipinski definition) is 2. The van der Waals surface area contributed by atoms with E-state index in [0.29, 0.717) is 40.2 Å². The highest BCUT2D eigenvalue weighted by Crippen LogP contribution is 2.30. The maximum absolute atomic E-state index is 12.4. The van der Waals surface area contributed by atoms with Crippen LogP contribution in [0.2, 0.25) is 0 Å². The Morgan fingerprint density at radius 1 is 1.24 bits per heavy atom. The minimum atomic E-state index is -0.764. The average Bonchev–Trinajstić information content (AvgIpc) is 3.26. The lowest BCUT2D eigenvalue weighted by atomic mass is 10.2. The molecule has 0 spiro atoms. The van der Waals surface area contributed by atoms with E-state index < -0.39 is 11.9 Å². The van der Waals surface area contributed by atoms with Crippen LogP contribution in [-0.4, -0.2) is 35.1 Å². The van der Waals surface area contributed by atoms with Gasteiger partial charge in [-0.2, -0.15) is 0 Å². The number of aryl methyl sites for hydroxylation is 2. The van der Waals surface area contributed by atoms with E-state index in [1.807, 2.05) is 18.2 Å². The van der Waals surface area contributed by atoms with Gasteiger partial charge >= 0.3 is 0 Å². The summed E-state index contributed by atoms with van der Waals surface area (Å²) in [5.74, 6) is 1.63. The molecule has 152 valence electrons. The first-order chi connectivity index (χ1) is 13.9. The zero-order valence-electron chi connectivity index (χ0n) is 16.6. The maximum atomic E-state index is 12.4. The Hall–Kier alpha value is -3.62. The van der Waals surface area contributed by atoms with Crippen molar-refractivity contribution in [3.05, 3.63) is 47.5 Å². The predicted molar refractivity (Wildman–Crippen MR) is 104 cm³/mol. The molecule has 0 aliphatic carbocycles. The molecule has 2 N–H and O–H groups in total. The number of nitrogens with zero attached hydrogens (tertiary/aromatic N) is 2. The van der Waals surface area contributed by atoms with Crippen molar-refractivity contribution in [1.29, 1.82) is 0 Å². The summed E-state index contributed by atoms with van der Waals surface area (Å²) in [4.78, 5) is 29.0. The molecule has 2 heterocycles. The SMILES string of the molecule is COc1ccccc1-c1nc(CC(=O)NC(C)C(=O)Nc2cc(C)on2)c(C)o1. The molecule has 1 atom stereocenters. The Kier molecular flexibility index (Phi) is 5.96. The molecular weight excluding hydrogens is 376 g/mol. The fourth-order valence-corrected chi connectivity index (χ4v) is 2.70. The van der Waals surface area contributed by atoms with Crippen molar-refractivity contribution < 1.29 is 23.3 Å². The number of hydrogen-bond acceptors (Lipinski definition) is 7. The second kappa shape index (κ2) is 8.59. The minimum Gasteiger partial charge on any atom is -0.496 e. The van der Waals surface area contributed by atoms with Gasteiger partial charge in [0.1, 0.15) is 23.3 Å². The van der Waals surface area contributed by atoms with Gasteiger partial charge in [-0.15, -0.1) is 0 Å². The van der Waals surface area contributed by atoms with Crippen molar-refractivity contribution in [3.8, 4) is 17.2 Å². The lowest BCUT2D eigenvalue weighted by Gasteiger charge is -2.12. The lowest BCUT2D eigenvalue weighted by molar-refractivity contribution is -0.125. The fourth-order valence-electron chi connectivity index (χ4n) is 2.70. The quantitative estimate of drug-likeness (QED) is 0.628. The number of rotatable bonds is 7. The van der Waals surface area contributed by atoms with Crippen LogP contribution < -0.4 is 15.4 Å². The van der Waals surface area contributed by atoms with Crippen LogP contribution in [0, 0.1) is 13.8 Å². The number of carbonyl (C=O) groups is 2. The maximum Gasteiger partial charge on any atom is 0.247 e. The smallest absolute Gasteiger partial charge is 0.247 e. The zero-order valence-corrected chi connectivity index (χ0v) is 16.6. The fraction of sp³-hybridized carbons (Fsp3) is 0.300. The Balaban J connectivity index is 1.63. The van der Waals surface area contributed by atoms with Crippen molar-refractivity contribution in [1.82, 2.24) is 15.5 Å². The highest BCUT2D eigenvalue weighted by atomic mass is 16.5. The highest BCUT2D eigenvalue weighted by molar-refractivity contribution is 5.96. The number of para-hydroxylation sites is 1. The molecule has 0 aliphatic heterocycles. The van der Waals surface area contributed by atoms with Gasteiger partial charge in [-0.1, -0.05) is 17.3 Å². The van der Waals surface area contributed by atoms with E-state index >= 15 is 0 Å². The first kappa shape index (κ1) is 20.1. The Bertz CT molecular complexity index is 1020. The van der Waals surface area contributed by atoms with Gasteiger partial charge < -0.3 is 24.3 Å². The Labute approximate surface area is 167 Å². The average molecular weight is 398 g/mol. The van der Waals surface area contributed by atoms with Gasteiger partial charge in [-0.25, -0.2) is 4.98 Å². The van der Waals surface area contributed by atoms with Gasteiger partial charge in [-0.3, -0.25) is 9.59 Å². The van der Waals surface area contributed by atoms with Crippen LogP contribution in [0.4, 0.5) is 5.82 Å². The molecule has 3 aromatic rings. The summed E-state index contributed by atoms with van der Waals surface area (Å²) in [6, 6.07) is 8.15.